The maximum absolute atomic E-state index is 13.5. The minimum Gasteiger partial charge on any atom is -0.497 e. The van der Waals surface area contributed by atoms with E-state index in [9.17, 15) is 9.59 Å². The van der Waals surface area contributed by atoms with Crippen molar-refractivity contribution in [1.29, 1.82) is 0 Å². The van der Waals surface area contributed by atoms with Crippen LogP contribution in [0.25, 0.3) is 6.08 Å². The molecule has 0 saturated carbocycles. The van der Waals surface area contributed by atoms with Gasteiger partial charge < -0.3 is 14.2 Å². The second-order valence-electron chi connectivity index (χ2n) is 7.57. The van der Waals surface area contributed by atoms with E-state index in [0.29, 0.717) is 28.6 Å². The lowest BCUT2D eigenvalue weighted by Gasteiger charge is -2.18. The highest BCUT2D eigenvalue weighted by molar-refractivity contribution is 6.23. The Morgan fingerprint density at radius 2 is 1.62 bits per heavy atom. The van der Waals surface area contributed by atoms with Crippen molar-refractivity contribution in [3.05, 3.63) is 101 Å². The van der Waals surface area contributed by atoms with Crippen LogP contribution in [0.3, 0.4) is 0 Å². The van der Waals surface area contributed by atoms with Crippen molar-refractivity contribution in [2.45, 2.75) is 13.8 Å². The van der Waals surface area contributed by atoms with Crippen LogP contribution in [0.1, 0.15) is 19.4 Å². The molecule has 0 fully saturated rings. The molecule has 6 nitrogen and oxygen atoms in total. The van der Waals surface area contributed by atoms with E-state index in [2.05, 4.69) is 0 Å². The van der Waals surface area contributed by atoms with Crippen LogP contribution >= 0.6 is 0 Å². The number of carbonyl (C=O) groups is 2. The first kappa shape index (κ1) is 22.9. The summed E-state index contributed by atoms with van der Waals surface area (Å²) < 4.78 is 16.4. The van der Waals surface area contributed by atoms with Crippen molar-refractivity contribution < 1.29 is 23.8 Å². The summed E-state index contributed by atoms with van der Waals surface area (Å²) in [7, 11) is 1.58. The number of anilines is 1. The normalized spacial score (nSPS) is 14.5. The Morgan fingerprint density at radius 1 is 0.912 bits per heavy atom. The summed E-state index contributed by atoms with van der Waals surface area (Å²) in [6.07, 6.45) is 1.69. The number of benzene rings is 3. The largest absolute Gasteiger partial charge is 0.497 e. The van der Waals surface area contributed by atoms with Gasteiger partial charge in [0.05, 0.1) is 24.9 Å². The average molecular weight is 456 g/mol. The number of ether oxygens (including phenoxy) is 3. The number of methoxy groups -OCH3 is 1. The monoisotopic (exact) mass is 455 g/mol. The van der Waals surface area contributed by atoms with E-state index in [-0.39, 0.29) is 23.7 Å². The first-order chi connectivity index (χ1) is 16.5. The van der Waals surface area contributed by atoms with Gasteiger partial charge in [-0.25, -0.2) is 4.79 Å². The Labute approximate surface area is 198 Å². The Hall–Kier alpha value is -4.32. The SMILES string of the molecule is CCOC(=O)C1=C(C)N(c2ccc(OC)cc2)C(=O)/C1=C\c1cccc(Oc2ccccc2)c1. The number of hydrogen-bond acceptors (Lipinski definition) is 5. The van der Waals surface area contributed by atoms with Gasteiger partial charge >= 0.3 is 5.97 Å². The molecule has 0 radical (unpaired) electrons. The number of nitrogens with zero attached hydrogens (tertiary/aromatic N) is 1. The molecule has 4 rings (SSSR count). The first-order valence-corrected chi connectivity index (χ1v) is 10.9. The fraction of sp³-hybridized carbons (Fsp3) is 0.143. The summed E-state index contributed by atoms with van der Waals surface area (Å²) in [5.74, 6) is 1.16. The maximum Gasteiger partial charge on any atom is 0.340 e. The van der Waals surface area contributed by atoms with Gasteiger partial charge in [-0.2, -0.15) is 0 Å². The zero-order chi connectivity index (χ0) is 24.1. The van der Waals surface area contributed by atoms with Gasteiger partial charge in [0.1, 0.15) is 17.2 Å². The van der Waals surface area contributed by atoms with Gasteiger partial charge in [0, 0.05) is 11.4 Å². The molecule has 0 aliphatic carbocycles. The average Bonchev–Trinajstić information content (AvgIpc) is 3.09. The number of rotatable bonds is 7. The van der Waals surface area contributed by atoms with Crippen LogP contribution in [0.2, 0.25) is 0 Å². The van der Waals surface area contributed by atoms with Gasteiger partial charge in [0.2, 0.25) is 0 Å². The van der Waals surface area contributed by atoms with Crippen LogP contribution in [-0.2, 0) is 14.3 Å². The third kappa shape index (κ3) is 4.71. The number of hydrogen-bond donors (Lipinski definition) is 0. The first-order valence-electron chi connectivity index (χ1n) is 10.9. The minimum absolute atomic E-state index is 0.208. The molecular weight excluding hydrogens is 430 g/mol. The van der Waals surface area contributed by atoms with Crippen molar-refractivity contribution >= 4 is 23.6 Å². The van der Waals surface area contributed by atoms with E-state index in [0.717, 1.165) is 5.56 Å². The van der Waals surface area contributed by atoms with Crippen molar-refractivity contribution in [2.24, 2.45) is 0 Å². The Bertz CT molecular complexity index is 1260. The quantitative estimate of drug-likeness (QED) is 0.335. The van der Waals surface area contributed by atoms with Gasteiger partial charge in [-0.1, -0.05) is 30.3 Å². The molecule has 0 unspecified atom stereocenters. The fourth-order valence-electron chi connectivity index (χ4n) is 3.78. The molecule has 1 aliphatic rings. The lowest BCUT2D eigenvalue weighted by molar-refractivity contribution is -0.138. The summed E-state index contributed by atoms with van der Waals surface area (Å²) in [5.41, 5.74) is 2.38. The lowest BCUT2D eigenvalue weighted by atomic mass is 10.0. The Morgan fingerprint density at radius 3 is 2.29 bits per heavy atom. The fourth-order valence-corrected chi connectivity index (χ4v) is 3.78. The van der Waals surface area contributed by atoms with Crippen molar-refractivity contribution in [1.82, 2.24) is 0 Å². The molecule has 3 aromatic carbocycles. The van der Waals surface area contributed by atoms with Crippen LogP contribution < -0.4 is 14.4 Å². The predicted octanol–water partition coefficient (Wildman–Crippen LogP) is 5.75. The molecular formula is C28H25NO5. The molecule has 172 valence electrons. The van der Waals surface area contributed by atoms with Gasteiger partial charge in [0.15, 0.2) is 0 Å². The molecule has 6 heteroatoms. The van der Waals surface area contributed by atoms with E-state index < -0.39 is 5.97 Å². The molecule has 0 aromatic heterocycles. The standard InChI is InChI=1S/C28H25NO5/c1-4-33-28(31)26-19(2)29(21-13-15-22(32-3)16-14-21)27(30)25(26)18-20-9-8-12-24(17-20)34-23-10-6-5-7-11-23/h5-18H,4H2,1-3H3/b25-18-. The molecule has 0 atom stereocenters. The van der Waals surface area contributed by atoms with E-state index in [4.69, 9.17) is 14.2 Å². The van der Waals surface area contributed by atoms with Crippen molar-refractivity contribution in [3.63, 3.8) is 0 Å². The van der Waals surface area contributed by atoms with Gasteiger partial charge in [-0.05, 0) is 74.0 Å². The molecule has 1 aliphatic heterocycles. The number of carbonyl (C=O) groups excluding carboxylic acids is 2. The van der Waals surface area contributed by atoms with Crippen molar-refractivity contribution in [3.8, 4) is 17.2 Å². The van der Waals surface area contributed by atoms with Crippen LogP contribution in [-0.4, -0.2) is 25.6 Å². The molecule has 1 amide bonds. The lowest BCUT2D eigenvalue weighted by Crippen LogP contribution is -2.24. The highest BCUT2D eigenvalue weighted by atomic mass is 16.5. The summed E-state index contributed by atoms with van der Waals surface area (Å²) >= 11 is 0. The van der Waals surface area contributed by atoms with Crippen LogP contribution in [0.15, 0.2) is 95.7 Å². The van der Waals surface area contributed by atoms with Crippen LogP contribution in [0.5, 0.6) is 17.2 Å². The Balaban J connectivity index is 1.72. The number of para-hydroxylation sites is 1. The zero-order valence-corrected chi connectivity index (χ0v) is 19.3. The number of esters is 1. The summed E-state index contributed by atoms with van der Waals surface area (Å²) in [5, 5.41) is 0. The second-order valence-corrected chi connectivity index (χ2v) is 7.57. The molecule has 0 N–H and O–H groups in total. The highest BCUT2D eigenvalue weighted by Gasteiger charge is 2.38. The topological polar surface area (TPSA) is 65.1 Å². The van der Waals surface area contributed by atoms with Gasteiger partial charge in [-0.15, -0.1) is 0 Å². The molecule has 0 saturated heterocycles. The minimum atomic E-state index is -0.535. The van der Waals surface area contributed by atoms with Gasteiger partial charge in [0.25, 0.3) is 5.91 Å². The smallest absolute Gasteiger partial charge is 0.340 e. The molecule has 1 heterocycles. The van der Waals surface area contributed by atoms with Crippen LogP contribution in [0.4, 0.5) is 5.69 Å². The highest BCUT2D eigenvalue weighted by Crippen LogP contribution is 2.36. The van der Waals surface area contributed by atoms with Gasteiger partial charge in [-0.3, -0.25) is 9.69 Å². The zero-order valence-electron chi connectivity index (χ0n) is 19.3. The summed E-state index contributed by atoms with van der Waals surface area (Å²) in [4.78, 5) is 27.9. The number of amides is 1. The van der Waals surface area contributed by atoms with E-state index in [1.807, 2.05) is 54.6 Å². The molecule has 34 heavy (non-hydrogen) atoms. The molecule has 0 bridgehead atoms. The second kappa shape index (κ2) is 10.1. The van der Waals surface area contributed by atoms with E-state index in [1.54, 1.807) is 51.3 Å². The molecule has 3 aromatic rings. The summed E-state index contributed by atoms with van der Waals surface area (Å²) in [6.45, 7) is 3.68. The van der Waals surface area contributed by atoms with Crippen LogP contribution in [0, 0.1) is 0 Å². The van der Waals surface area contributed by atoms with Crippen molar-refractivity contribution in [2.75, 3.05) is 18.6 Å². The summed E-state index contributed by atoms with van der Waals surface area (Å²) in [6, 6.07) is 23.9. The number of allylic oxidation sites excluding steroid dienone is 1. The third-order valence-corrected chi connectivity index (χ3v) is 5.36. The third-order valence-electron chi connectivity index (χ3n) is 5.36. The molecule has 0 spiro atoms. The maximum atomic E-state index is 13.5. The predicted molar refractivity (Wildman–Crippen MR) is 131 cm³/mol. The van der Waals surface area contributed by atoms with E-state index in [1.165, 1.54) is 4.90 Å². The van der Waals surface area contributed by atoms with E-state index >= 15 is 0 Å². The Kier molecular flexibility index (Phi) is 6.78.